The molecule has 0 saturated carbocycles. The molecule has 28 heavy (non-hydrogen) atoms. The molecule has 0 heterocycles. The Morgan fingerprint density at radius 2 is 1.43 bits per heavy atom. The first-order valence-electron chi connectivity index (χ1n) is 8.75. The zero-order chi connectivity index (χ0) is 20.9. The molecule has 1 unspecified atom stereocenters. The van der Waals surface area contributed by atoms with Gasteiger partial charge in [-0.05, 0) is 76.2 Å². The molecule has 0 radical (unpaired) electrons. The van der Waals surface area contributed by atoms with Crippen LogP contribution in [-0.4, -0.2) is 29.4 Å². The zero-order valence-corrected chi connectivity index (χ0v) is 16.2. The number of hydrogen-bond donors (Lipinski definition) is 2. The second-order valence-corrected chi connectivity index (χ2v) is 7.31. The molecule has 2 N–H and O–H groups in total. The Bertz CT molecular complexity index is 855. The summed E-state index contributed by atoms with van der Waals surface area (Å²) in [6.45, 7) is 6.90. The van der Waals surface area contributed by atoms with E-state index in [0.717, 1.165) is 0 Å². The van der Waals surface area contributed by atoms with Crippen molar-refractivity contribution in [3.05, 3.63) is 65.5 Å². The normalized spacial score (nSPS) is 12.0. The SMILES string of the molecule is CC(Oc1ccc(C(=O)c2ccc(F)cc2)cc1)C(=O)NC(=O)NC(C)(C)C. The van der Waals surface area contributed by atoms with Crippen molar-refractivity contribution in [3.63, 3.8) is 0 Å². The van der Waals surface area contributed by atoms with E-state index in [0.29, 0.717) is 16.9 Å². The number of benzene rings is 2. The van der Waals surface area contributed by atoms with Gasteiger partial charge >= 0.3 is 6.03 Å². The molecule has 2 aromatic carbocycles. The average molecular weight is 386 g/mol. The van der Waals surface area contributed by atoms with E-state index in [-0.39, 0.29) is 5.78 Å². The van der Waals surface area contributed by atoms with Crippen LogP contribution in [0.25, 0.3) is 0 Å². The maximum atomic E-state index is 13.0. The summed E-state index contributed by atoms with van der Waals surface area (Å²) in [5.74, 6) is -0.886. The average Bonchev–Trinajstić information content (AvgIpc) is 2.60. The predicted octanol–water partition coefficient (Wildman–Crippen LogP) is 3.45. The first kappa shape index (κ1) is 21.1. The van der Waals surface area contributed by atoms with Gasteiger partial charge in [-0.3, -0.25) is 14.9 Å². The van der Waals surface area contributed by atoms with Crippen molar-refractivity contribution in [1.29, 1.82) is 0 Å². The molecule has 2 aromatic rings. The van der Waals surface area contributed by atoms with Gasteiger partial charge in [0.25, 0.3) is 5.91 Å². The molecule has 7 heteroatoms. The Morgan fingerprint density at radius 3 is 1.93 bits per heavy atom. The standard InChI is InChI=1S/C21H23FN2O4/c1-13(19(26)23-20(27)24-21(2,3)4)28-17-11-7-15(8-12-17)18(25)14-5-9-16(22)10-6-14/h5-13H,1-4H3,(H2,23,24,26,27). The number of nitrogens with one attached hydrogen (secondary N) is 2. The van der Waals surface area contributed by atoms with Crippen molar-refractivity contribution in [2.45, 2.75) is 39.3 Å². The monoisotopic (exact) mass is 386 g/mol. The van der Waals surface area contributed by atoms with Gasteiger partial charge in [-0.25, -0.2) is 9.18 Å². The molecule has 3 amide bonds. The van der Waals surface area contributed by atoms with Crippen molar-refractivity contribution < 1.29 is 23.5 Å². The Hall–Kier alpha value is -3.22. The zero-order valence-electron chi connectivity index (χ0n) is 16.2. The van der Waals surface area contributed by atoms with Gasteiger partial charge in [0.05, 0.1) is 0 Å². The van der Waals surface area contributed by atoms with Crippen LogP contribution in [0.4, 0.5) is 9.18 Å². The molecule has 0 fully saturated rings. The van der Waals surface area contributed by atoms with Crippen LogP contribution in [0, 0.1) is 5.82 Å². The van der Waals surface area contributed by atoms with E-state index in [1.807, 2.05) is 0 Å². The lowest BCUT2D eigenvalue weighted by Crippen LogP contribution is -2.50. The third-order valence-corrected chi connectivity index (χ3v) is 3.63. The van der Waals surface area contributed by atoms with Gasteiger partial charge in [-0.15, -0.1) is 0 Å². The number of ether oxygens (including phenoxy) is 1. The number of rotatable bonds is 5. The molecule has 0 aromatic heterocycles. The summed E-state index contributed by atoms with van der Waals surface area (Å²) < 4.78 is 18.5. The number of carbonyl (C=O) groups is 3. The molecular formula is C21H23FN2O4. The number of imide groups is 1. The van der Waals surface area contributed by atoms with Crippen LogP contribution < -0.4 is 15.4 Å². The van der Waals surface area contributed by atoms with E-state index in [1.54, 1.807) is 45.0 Å². The van der Waals surface area contributed by atoms with Crippen LogP contribution in [0.15, 0.2) is 48.5 Å². The maximum absolute atomic E-state index is 13.0. The number of carbonyl (C=O) groups excluding carboxylic acids is 3. The lowest BCUT2D eigenvalue weighted by atomic mass is 10.0. The van der Waals surface area contributed by atoms with Gasteiger partial charge in [0.1, 0.15) is 11.6 Å². The number of amides is 3. The third-order valence-electron chi connectivity index (χ3n) is 3.63. The molecule has 0 aliphatic heterocycles. The lowest BCUT2D eigenvalue weighted by molar-refractivity contribution is -0.126. The highest BCUT2D eigenvalue weighted by atomic mass is 19.1. The molecule has 2 rings (SSSR count). The summed E-state index contributed by atoms with van der Waals surface area (Å²) in [5, 5.41) is 4.83. The minimum atomic E-state index is -0.913. The highest BCUT2D eigenvalue weighted by Gasteiger charge is 2.20. The van der Waals surface area contributed by atoms with E-state index in [9.17, 15) is 18.8 Å². The van der Waals surface area contributed by atoms with Crippen LogP contribution >= 0.6 is 0 Å². The maximum Gasteiger partial charge on any atom is 0.321 e. The van der Waals surface area contributed by atoms with Crippen molar-refractivity contribution in [2.75, 3.05) is 0 Å². The van der Waals surface area contributed by atoms with Crippen molar-refractivity contribution >= 4 is 17.7 Å². The van der Waals surface area contributed by atoms with Gasteiger partial charge in [-0.2, -0.15) is 0 Å². The molecule has 0 aliphatic rings. The number of hydrogen-bond acceptors (Lipinski definition) is 4. The first-order chi connectivity index (χ1) is 13.0. The molecule has 6 nitrogen and oxygen atoms in total. The molecule has 0 saturated heterocycles. The Labute approximate surface area is 163 Å². The smallest absolute Gasteiger partial charge is 0.321 e. The molecule has 1 atom stereocenters. The Kier molecular flexibility index (Phi) is 6.51. The van der Waals surface area contributed by atoms with Crippen LogP contribution in [0.5, 0.6) is 5.75 Å². The van der Waals surface area contributed by atoms with Gasteiger partial charge < -0.3 is 10.1 Å². The van der Waals surface area contributed by atoms with Crippen LogP contribution in [0.2, 0.25) is 0 Å². The lowest BCUT2D eigenvalue weighted by Gasteiger charge is -2.21. The van der Waals surface area contributed by atoms with Crippen LogP contribution in [0.3, 0.4) is 0 Å². The van der Waals surface area contributed by atoms with Crippen molar-refractivity contribution in [3.8, 4) is 5.75 Å². The van der Waals surface area contributed by atoms with E-state index in [4.69, 9.17) is 4.74 Å². The second kappa shape index (κ2) is 8.65. The number of halogens is 1. The van der Waals surface area contributed by atoms with Gasteiger partial charge in [-0.1, -0.05) is 0 Å². The second-order valence-electron chi connectivity index (χ2n) is 7.31. The molecule has 0 aliphatic carbocycles. The molecule has 148 valence electrons. The van der Waals surface area contributed by atoms with E-state index >= 15 is 0 Å². The summed E-state index contributed by atoms with van der Waals surface area (Å²) in [7, 11) is 0. The van der Waals surface area contributed by atoms with E-state index < -0.39 is 29.4 Å². The minimum absolute atomic E-state index is 0.254. The fraction of sp³-hybridized carbons (Fsp3) is 0.286. The predicted molar refractivity (Wildman–Crippen MR) is 103 cm³/mol. The largest absolute Gasteiger partial charge is 0.481 e. The van der Waals surface area contributed by atoms with Gasteiger partial charge in [0.2, 0.25) is 0 Å². The Morgan fingerprint density at radius 1 is 0.929 bits per heavy atom. The fourth-order valence-electron chi connectivity index (χ4n) is 2.30. The van der Waals surface area contributed by atoms with E-state index in [2.05, 4.69) is 10.6 Å². The van der Waals surface area contributed by atoms with Crippen molar-refractivity contribution in [1.82, 2.24) is 10.6 Å². The highest BCUT2D eigenvalue weighted by Crippen LogP contribution is 2.17. The topological polar surface area (TPSA) is 84.5 Å². The summed E-state index contributed by atoms with van der Waals surface area (Å²) in [6, 6.07) is 10.9. The van der Waals surface area contributed by atoms with Gasteiger partial charge in [0, 0.05) is 16.7 Å². The van der Waals surface area contributed by atoms with E-state index in [1.165, 1.54) is 31.2 Å². The van der Waals surface area contributed by atoms with Crippen LogP contribution in [0.1, 0.15) is 43.6 Å². The number of urea groups is 1. The molecular weight excluding hydrogens is 363 g/mol. The summed E-state index contributed by atoms with van der Waals surface area (Å²) in [6.07, 6.45) is -0.913. The highest BCUT2D eigenvalue weighted by molar-refractivity contribution is 6.09. The summed E-state index contributed by atoms with van der Waals surface area (Å²) in [4.78, 5) is 36.2. The summed E-state index contributed by atoms with van der Waals surface area (Å²) >= 11 is 0. The van der Waals surface area contributed by atoms with Crippen molar-refractivity contribution in [2.24, 2.45) is 0 Å². The quantitative estimate of drug-likeness (QED) is 0.771. The summed E-state index contributed by atoms with van der Waals surface area (Å²) in [5.41, 5.74) is 0.301. The molecule has 0 spiro atoms. The van der Waals surface area contributed by atoms with Crippen LogP contribution in [-0.2, 0) is 4.79 Å². The number of ketones is 1. The minimum Gasteiger partial charge on any atom is -0.481 e. The fourth-order valence-corrected chi connectivity index (χ4v) is 2.30. The van der Waals surface area contributed by atoms with Gasteiger partial charge in [0.15, 0.2) is 11.9 Å². The first-order valence-corrected chi connectivity index (χ1v) is 8.75. The molecule has 0 bridgehead atoms. The Balaban J connectivity index is 1.96. The third kappa shape index (κ3) is 6.19.